The van der Waals surface area contributed by atoms with Crippen LogP contribution in [0.2, 0.25) is 19.6 Å². The minimum absolute atomic E-state index is 0.782. The Labute approximate surface area is 108 Å². The van der Waals surface area contributed by atoms with Crippen LogP contribution in [0, 0.1) is 11.5 Å². The van der Waals surface area contributed by atoms with Crippen LogP contribution < -0.4 is 0 Å². The Hall–Kier alpha value is -0.243. The second-order valence-electron chi connectivity index (χ2n) is 4.11. The summed E-state index contributed by atoms with van der Waals surface area (Å²) in [6.07, 6.45) is 1.65. The van der Waals surface area contributed by atoms with Crippen LogP contribution in [0.15, 0.2) is 26.2 Å². The molecular formula is C11H12Br2OSi. The van der Waals surface area contributed by atoms with Gasteiger partial charge in [0.15, 0.2) is 0 Å². The second-order valence-corrected chi connectivity index (χ2v) is 11.5. The lowest BCUT2D eigenvalue weighted by Gasteiger charge is -2.04. The molecule has 4 heteroatoms. The van der Waals surface area contributed by atoms with Crippen molar-refractivity contribution < 1.29 is 4.42 Å². The zero-order chi connectivity index (χ0) is 11.5. The molecule has 0 saturated carbocycles. The van der Waals surface area contributed by atoms with E-state index in [0.717, 1.165) is 14.7 Å². The Kier molecular flexibility index (Phi) is 4.44. The minimum Gasteiger partial charge on any atom is -0.464 e. The Bertz CT molecular complexity index is 412. The van der Waals surface area contributed by atoms with Crippen LogP contribution >= 0.6 is 31.9 Å². The molecule has 0 aliphatic rings. The number of allylic oxidation sites excluding steroid dienone is 1. The van der Waals surface area contributed by atoms with Crippen LogP contribution in [-0.4, -0.2) is 8.07 Å². The molecule has 0 bridgehead atoms. The van der Waals surface area contributed by atoms with Crippen molar-refractivity contribution in [3.05, 3.63) is 27.5 Å². The van der Waals surface area contributed by atoms with Gasteiger partial charge in [0.05, 0.1) is 15.2 Å². The highest BCUT2D eigenvalue weighted by atomic mass is 79.9. The van der Waals surface area contributed by atoms with Crippen molar-refractivity contribution in [2.45, 2.75) is 19.6 Å². The highest BCUT2D eigenvalue weighted by Gasteiger charge is 2.10. The molecule has 0 fully saturated rings. The van der Waals surface area contributed by atoms with Crippen LogP contribution in [0.3, 0.4) is 0 Å². The zero-order valence-corrected chi connectivity index (χ0v) is 13.1. The smallest absolute Gasteiger partial charge is 0.143 e. The third-order valence-corrected chi connectivity index (χ3v) is 3.19. The normalized spacial score (nSPS) is 10.5. The number of hydrogen-bond acceptors (Lipinski definition) is 1. The molecule has 0 amide bonds. The molecule has 1 nitrogen and oxygen atoms in total. The lowest BCUT2D eigenvalue weighted by molar-refractivity contribution is 0.554. The van der Waals surface area contributed by atoms with Gasteiger partial charge in [0.25, 0.3) is 0 Å². The van der Waals surface area contributed by atoms with Crippen molar-refractivity contribution in [3.63, 3.8) is 0 Å². The fraction of sp³-hybridized carbons (Fsp3) is 0.273. The predicted octanol–water partition coefficient (Wildman–Crippen LogP) is 4.62. The van der Waals surface area contributed by atoms with Gasteiger partial charge in [0.2, 0.25) is 0 Å². The fourth-order valence-corrected chi connectivity index (χ4v) is 1.96. The van der Waals surface area contributed by atoms with Gasteiger partial charge in [0.1, 0.15) is 13.8 Å². The summed E-state index contributed by atoms with van der Waals surface area (Å²) >= 11 is 6.76. The molecule has 0 N–H and O–H groups in total. The molecule has 0 radical (unpaired) electrons. The average molecular weight is 348 g/mol. The summed E-state index contributed by atoms with van der Waals surface area (Å²) in [5.41, 5.74) is 4.17. The quantitative estimate of drug-likeness (QED) is 0.533. The maximum absolute atomic E-state index is 5.32. The molecule has 0 aliphatic carbocycles. The van der Waals surface area contributed by atoms with Gasteiger partial charge in [-0.3, -0.25) is 0 Å². The van der Waals surface area contributed by atoms with Crippen molar-refractivity contribution >= 4 is 45.5 Å². The second kappa shape index (κ2) is 5.20. The van der Waals surface area contributed by atoms with Crippen LogP contribution in [-0.2, 0) is 0 Å². The Balaban J connectivity index is 3.07. The van der Waals surface area contributed by atoms with Crippen molar-refractivity contribution in [2.24, 2.45) is 0 Å². The van der Waals surface area contributed by atoms with Gasteiger partial charge in [-0.1, -0.05) is 25.6 Å². The van der Waals surface area contributed by atoms with Crippen molar-refractivity contribution in [2.75, 3.05) is 0 Å². The molecule has 1 rings (SSSR count). The van der Waals surface area contributed by atoms with E-state index in [9.17, 15) is 0 Å². The van der Waals surface area contributed by atoms with Gasteiger partial charge >= 0.3 is 0 Å². The molecule has 0 unspecified atom stereocenters. The molecule has 0 saturated heterocycles. The molecular weight excluding hydrogens is 336 g/mol. The third-order valence-electron chi connectivity index (χ3n) is 1.52. The first-order valence-electron chi connectivity index (χ1n) is 4.52. The summed E-state index contributed by atoms with van der Waals surface area (Å²) in [4.78, 5) is 0. The maximum atomic E-state index is 5.32. The molecule has 1 aromatic rings. The lowest BCUT2D eigenvalue weighted by Crippen LogP contribution is -2.16. The summed E-state index contributed by atoms with van der Waals surface area (Å²) in [7, 11) is -1.36. The largest absolute Gasteiger partial charge is 0.464 e. The van der Waals surface area contributed by atoms with E-state index in [0.29, 0.717) is 0 Å². The first-order valence-corrected chi connectivity index (χ1v) is 9.61. The monoisotopic (exact) mass is 346 g/mol. The molecule has 1 heterocycles. The highest BCUT2D eigenvalue weighted by Crippen LogP contribution is 2.27. The summed E-state index contributed by atoms with van der Waals surface area (Å²) < 4.78 is 6.15. The van der Waals surface area contributed by atoms with Crippen LogP contribution in [0.5, 0.6) is 0 Å². The molecule has 15 heavy (non-hydrogen) atoms. The van der Waals surface area contributed by atoms with Gasteiger partial charge in [-0.25, -0.2) is 0 Å². The Morgan fingerprint density at radius 3 is 2.40 bits per heavy atom. The van der Waals surface area contributed by atoms with E-state index in [1.807, 2.05) is 12.1 Å². The van der Waals surface area contributed by atoms with Crippen LogP contribution in [0.4, 0.5) is 0 Å². The minimum atomic E-state index is -1.36. The van der Waals surface area contributed by atoms with Crippen molar-refractivity contribution in [1.82, 2.24) is 0 Å². The molecule has 0 aromatic carbocycles. The Morgan fingerprint density at radius 2 is 2.00 bits per heavy atom. The van der Waals surface area contributed by atoms with Crippen LogP contribution in [0.1, 0.15) is 5.76 Å². The topological polar surface area (TPSA) is 13.1 Å². The molecule has 80 valence electrons. The maximum Gasteiger partial charge on any atom is 0.143 e. The van der Waals surface area contributed by atoms with Gasteiger partial charge in [-0.15, -0.1) is 5.54 Å². The predicted molar refractivity (Wildman–Crippen MR) is 74.6 cm³/mol. The van der Waals surface area contributed by atoms with E-state index >= 15 is 0 Å². The van der Waals surface area contributed by atoms with E-state index in [2.05, 4.69) is 63.0 Å². The van der Waals surface area contributed by atoms with Gasteiger partial charge in [-0.05, 0) is 44.0 Å². The average Bonchev–Trinajstić information content (AvgIpc) is 2.54. The van der Waals surface area contributed by atoms with E-state index in [1.54, 1.807) is 6.26 Å². The Morgan fingerprint density at radius 1 is 1.33 bits per heavy atom. The standard InChI is InChI=1S/C11H12Br2OSi/c1-15(2,3)8-6-9(11(12)13)10-5-4-7-14-10/h4-5,7H,1-3H3. The summed E-state index contributed by atoms with van der Waals surface area (Å²) in [6, 6.07) is 3.76. The van der Waals surface area contributed by atoms with Crippen LogP contribution in [0.25, 0.3) is 5.57 Å². The highest BCUT2D eigenvalue weighted by molar-refractivity contribution is 9.28. The molecule has 0 aliphatic heterocycles. The zero-order valence-electron chi connectivity index (χ0n) is 8.90. The first kappa shape index (κ1) is 12.8. The number of halogens is 2. The van der Waals surface area contributed by atoms with Gasteiger partial charge in [-0.2, -0.15) is 0 Å². The molecule has 0 atom stereocenters. The summed E-state index contributed by atoms with van der Waals surface area (Å²) in [5, 5.41) is 0. The fourth-order valence-electron chi connectivity index (χ4n) is 0.873. The van der Waals surface area contributed by atoms with Gasteiger partial charge < -0.3 is 4.42 Å². The van der Waals surface area contributed by atoms with Crippen molar-refractivity contribution in [1.29, 1.82) is 0 Å². The lowest BCUT2D eigenvalue weighted by atomic mass is 10.2. The first-order chi connectivity index (χ1) is 6.90. The van der Waals surface area contributed by atoms with Crippen molar-refractivity contribution in [3.8, 4) is 11.5 Å². The van der Waals surface area contributed by atoms with Gasteiger partial charge in [0, 0.05) is 0 Å². The van der Waals surface area contributed by atoms with E-state index in [-0.39, 0.29) is 0 Å². The third kappa shape index (κ3) is 4.41. The molecule has 0 spiro atoms. The van der Waals surface area contributed by atoms with E-state index in [1.165, 1.54) is 0 Å². The van der Waals surface area contributed by atoms with E-state index < -0.39 is 8.07 Å². The summed E-state index contributed by atoms with van der Waals surface area (Å²) in [5.74, 6) is 3.95. The number of furan rings is 1. The SMILES string of the molecule is C[Si](C)(C)C#CC(=C(Br)Br)c1ccco1. The summed E-state index contributed by atoms with van der Waals surface area (Å²) in [6.45, 7) is 6.63. The number of rotatable bonds is 1. The van der Waals surface area contributed by atoms with E-state index in [4.69, 9.17) is 4.42 Å². The number of hydrogen-bond donors (Lipinski definition) is 0. The molecule has 1 aromatic heterocycles.